The molecule has 0 spiro atoms. The molecule has 9 heteroatoms. The second-order valence-electron chi connectivity index (χ2n) is 6.01. The number of hydrogen-bond acceptors (Lipinski definition) is 6. The number of ether oxygens (including phenoxy) is 1. The Morgan fingerprint density at radius 2 is 1.96 bits per heavy atom. The van der Waals surface area contributed by atoms with Crippen molar-refractivity contribution in [3.8, 4) is 10.9 Å². The summed E-state index contributed by atoms with van der Waals surface area (Å²) in [6.45, 7) is 6.61. The largest absolute Gasteiger partial charge is 0.494 e. The third-order valence-electron chi connectivity index (χ3n) is 3.85. The second-order valence-corrected chi connectivity index (χ2v) is 8.62. The Hall–Kier alpha value is -2.23. The van der Waals surface area contributed by atoms with E-state index in [1.807, 2.05) is 32.2 Å². The number of aromatic nitrogens is 3. The monoisotopic (exact) mass is 406 g/mol. The van der Waals surface area contributed by atoms with Gasteiger partial charge in [0.1, 0.15) is 5.75 Å². The lowest BCUT2D eigenvalue weighted by Crippen LogP contribution is -2.26. The standard InChI is InChI=1S/C18H22N4O3S2/c1-4-25-16-5-7-17(8-6-16)27(23,24)19-10-9-15-12-26-18(20-15)22-14(3)11-13(2)21-22/h5-8,11-12,19H,4,9-10H2,1-3H3. The predicted molar refractivity (Wildman–Crippen MR) is 105 cm³/mol. The van der Waals surface area contributed by atoms with E-state index in [0.29, 0.717) is 18.8 Å². The van der Waals surface area contributed by atoms with Crippen molar-refractivity contribution in [1.82, 2.24) is 19.5 Å². The number of benzene rings is 1. The first-order chi connectivity index (χ1) is 12.9. The van der Waals surface area contributed by atoms with Gasteiger partial charge in [0.05, 0.1) is 22.9 Å². The lowest BCUT2D eigenvalue weighted by molar-refractivity contribution is 0.340. The number of nitrogens with one attached hydrogen (secondary N) is 1. The van der Waals surface area contributed by atoms with E-state index in [1.54, 1.807) is 16.8 Å². The first-order valence-electron chi connectivity index (χ1n) is 8.59. The molecule has 0 bridgehead atoms. The summed E-state index contributed by atoms with van der Waals surface area (Å²) in [4.78, 5) is 4.76. The highest BCUT2D eigenvalue weighted by Crippen LogP contribution is 2.18. The summed E-state index contributed by atoms with van der Waals surface area (Å²) in [6.07, 6.45) is 0.506. The average Bonchev–Trinajstić information content (AvgIpc) is 3.21. The van der Waals surface area contributed by atoms with Gasteiger partial charge in [-0.3, -0.25) is 0 Å². The Labute approximate surface area is 163 Å². The predicted octanol–water partition coefficient (Wildman–Crippen LogP) is 2.87. The van der Waals surface area contributed by atoms with Crippen molar-refractivity contribution in [3.05, 3.63) is 52.8 Å². The van der Waals surface area contributed by atoms with Gasteiger partial charge in [0, 0.05) is 24.0 Å². The molecule has 1 aromatic carbocycles. The lowest BCUT2D eigenvalue weighted by atomic mass is 10.3. The highest BCUT2D eigenvalue weighted by molar-refractivity contribution is 7.89. The van der Waals surface area contributed by atoms with Crippen LogP contribution in [0.2, 0.25) is 0 Å². The SMILES string of the molecule is CCOc1ccc(S(=O)(=O)NCCc2csc(-n3nc(C)cc3C)n2)cc1. The van der Waals surface area contributed by atoms with Crippen LogP contribution in [0.3, 0.4) is 0 Å². The van der Waals surface area contributed by atoms with Gasteiger partial charge in [-0.25, -0.2) is 22.8 Å². The molecule has 0 unspecified atom stereocenters. The summed E-state index contributed by atoms with van der Waals surface area (Å²) in [5, 5.41) is 7.13. The number of aryl methyl sites for hydroxylation is 2. The lowest BCUT2D eigenvalue weighted by Gasteiger charge is -2.07. The number of hydrogen-bond donors (Lipinski definition) is 1. The number of thiazole rings is 1. The summed E-state index contributed by atoms with van der Waals surface area (Å²) in [5.41, 5.74) is 2.79. The zero-order valence-corrected chi connectivity index (χ0v) is 17.1. The van der Waals surface area contributed by atoms with Gasteiger partial charge in [-0.2, -0.15) is 5.10 Å². The van der Waals surface area contributed by atoms with Gasteiger partial charge in [-0.1, -0.05) is 0 Å². The van der Waals surface area contributed by atoms with E-state index in [2.05, 4.69) is 14.8 Å². The zero-order valence-electron chi connectivity index (χ0n) is 15.5. The fourth-order valence-corrected chi connectivity index (χ4v) is 4.51. The maximum atomic E-state index is 12.4. The molecule has 0 aliphatic carbocycles. The molecule has 0 atom stereocenters. The van der Waals surface area contributed by atoms with E-state index in [1.165, 1.54) is 23.5 Å². The Morgan fingerprint density at radius 3 is 2.59 bits per heavy atom. The summed E-state index contributed by atoms with van der Waals surface area (Å²) >= 11 is 1.49. The molecule has 0 saturated heterocycles. The summed E-state index contributed by atoms with van der Waals surface area (Å²) in [7, 11) is -3.56. The Morgan fingerprint density at radius 1 is 1.22 bits per heavy atom. The average molecular weight is 407 g/mol. The van der Waals surface area contributed by atoms with E-state index in [9.17, 15) is 8.42 Å². The molecule has 27 heavy (non-hydrogen) atoms. The van der Waals surface area contributed by atoms with E-state index >= 15 is 0 Å². The first-order valence-corrected chi connectivity index (χ1v) is 11.0. The van der Waals surface area contributed by atoms with Crippen molar-refractivity contribution < 1.29 is 13.2 Å². The molecule has 3 rings (SSSR count). The van der Waals surface area contributed by atoms with Crippen molar-refractivity contribution in [2.45, 2.75) is 32.1 Å². The van der Waals surface area contributed by atoms with Crippen molar-refractivity contribution >= 4 is 21.4 Å². The van der Waals surface area contributed by atoms with E-state index in [-0.39, 0.29) is 11.4 Å². The van der Waals surface area contributed by atoms with Crippen LogP contribution in [0.1, 0.15) is 24.0 Å². The number of nitrogens with zero attached hydrogens (tertiary/aromatic N) is 3. The van der Waals surface area contributed by atoms with Crippen LogP contribution in [-0.2, 0) is 16.4 Å². The fraction of sp³-hybridized carbons (Fsp3) is 0.333. The maximum Gasteiger partial charge on any atom is 0.240 e. The minimum Gasteiger partial charge on any atom is -0.494 e. The third kappa shape index (κ3) is 4.74. The van der Waals surface area contributed by atoms with Crippen LogP contribution in [0.15, 0.2) is 40.6 Å². The van der Waals surface area contributed by atoms with Gasteiger partial charge >= 0.3 is 0 Å². The minimum atomic E-state index is -3.56. The molecule has 0 fully saturated rings. The highest BCUT2D eigenvalue weighted by atomic mass is 32.2. The van der Waals surface area contributed by atoms with Crippen LogP contribution >= 0.6 is 11.3 Å². The van der Waals surface area contributed by atoms with Gasteiger partial charge in [0.15, 0.2) is 0 Å². The molecule has 0 amide bonds. The fourth-order valence-electron chi connectivity index (χ4n) is 2.61. The molecule has 7 nitrogen and oxygen atoms in total. The Kier molecular flexibility index (Phi) is 5.93. The summed E-state index contributed by atoms with van der Waals surface area (Å²) in [6, 6.07) is 8.37. The summed E-state index contributed by atoms with van der Waals surface area (Å²) < 4.78 is 34.5. The molecule has 2 aromatic heterocycles. The third-order valence-corrected chi connectivity index (χ3v) is 6.19. The minimum absolute atomic E-state index is 0.215. The van der Waals surface area contributed by atoms with Crippen LogP contribution in [0.25, 0.3) is 5.13 Å². The van der Waals surface area contributed by atoms with E-state index in [0.717, 1.165) is 22.2 Å². The van der Waals surface area contributed by atoms with Gasteiger partial charge in [-0.05, 0) is 51.1 Å². The molecular weight excluding hydrogens is 384 g/mol. The van der Waals surface area contributed by atoms with Gasteiger partial charge in [-0.15, -0.1) is 11.3 Å². The Bertz CT molecular complexity index is 1010. The summed E-state index contributed by atoms with van der Waals surface area (Å²) in [5.74, 6) is 0.649. The number of rotatable bonds is 8. The molecule has 3 aromatic rings. The maximum absolute atomic E-state index is 12.4. The van der Waals surface area contributed by atoms with E-state index in [4.69, 9.17) is 4.74 Å². The van der Waals surface area contributed by atoms with Crippen LogP contribution in [0.4, 0.5) is 0 Å². The molecule has 144 valence electrons. The highest BCUT2D eigenvalue weighted by Gasteiger charge is 2.14. The quantitative estimate of drug-likeness (QED) is 0.622. The van der Waals surface area contributed by atoms with Crippen molar-refractivity contribution in [2.75, 3.05) is 13.2 Å². The van der Waals surface area contributed by atoms with Crippen LogP contribution in [-0.4, -0.2) is 36.3 Å². The molecule has 2 heterocycles. The molecular formula is C18H22N4O3S2. The topological polar surface area (TPSA) is 86.1 Å². The van der Waals surface area contributed by atoms with Gasteiger partial charge < -0.3 is 4.74 Å². The molecule has 0 aliphatic heterocycles. The molecule has 1 N–H and O–H groups in total. The van der Waals surface area contributed by atoms with Gasteiger partial charge in [0.25, 0.3) is 0 Å². The van der Waals surface area contributed by atoms with Crippen molar-refractivity contribution in [1.29, 1.82) is 0 Å². The smallest absolute Gasteiger partial charge is 0.240 e. The van der Waals surface area contributed by atoms with Crippen molar-refractivity contribution in [2.24, 2.45) is 0 Å². The second kappa shape index (κ2) is 8.20. The molecule has 0 radical (unpaired) electrons. The first kappa shape index (κ1) is 19.5. The normalized spacial score (nSPS) is 11.7. The Balaban J connectivity index is 1.60. The number of sulfonamides is 1. The molecule has 0 aliphatic rings. The molecule has 0 saturated carbocycles. The van der Waals surface area contributed by atoms with Crippen LogP contribution in [0.5, 0.6) is 5.75 Å². The van der Waals surface area contributed by atoms with Crippen LogP contribution < -0.4 is 9.46 Å². The van der Waals surface area contributed by atoms with Crippen LogP contribution in [0, 0.1) is 13.8 Å². The van der Waals surface area contributed by atoms with Crippen molar-refractivity contribution in [3.63, 3.8) is 0 Å². The zero-order chi connectivity index (χ0) is 19.4. The van der Waals surface area contributed by atoms with E-state index < -0.39 is 10.0 Å². The van der Waals surface area contributed by atoms with Gasteiger partial charge in [0.2, 0.25) is 15.2 Å².